The third kappa shape index (κ3) is 3.13. The fraction of sp³-hybridized carbons (Fsp3) is 0.526. The lowest BCUT2D eigenvalue weighted by atomic mass is 9.85. The summed E-state index contributed by atoms with van der Waals surface area (Å²) in [6.45, 7) is 0.631. The summed E-state index contributed by atoms with van der Waals surface area (Å²) in [5, 5.41) is 7.71. The molecular weight excluding hydrogens is 288 g/mol. The number of para-hydroxylation sites is 1. The van der Waals surface area contributed by atoms with Crippen molar-refractivity contribution >= 4 is 16.9 Å². The molecule has 1 aliphatic carbocycles. The second kappa shape index (κ2) is 6.36. The SMILES string of the molecule is O=C(NCCc1cc2ccccc2o1)C1CC2CCCCC2N1. The van der Waals surface area contributed by atoms with E-state index in [-0.39, 0.29) is 11.9 Å². The van der Waals surface area contributed by atoms with Crippen molar-refractivity contribution in [1.82, 2.24) is 10.6 Å². The third-order valence-corrected chi connectivity index (χ3v) is 5.33. The minimum absolute atomic E-state index is 0.00114. The third-order valence-electron chi connectivity index (χ3n) is 5.33. The van der Waals surface area contributed by atoms with Crippen molar-refractivity contribution in [2.75, 3.05) is 6.54 Å². The zero-order valence-corrected chi connectivity index (χ0v) is 13.4. The van der Waals surface area contributed by atoms with Crippen LogP contribution in [0, 0.1) is 5.92 Å². The number of carbonyl (C=O) groups excluding carboxylic acids is 1. The summed E-state index contributed by atoms with van der Waals surface area (Å²) in [4.78, 5) is 12.3. The first-order chi connectivity index (χ1) is 11.3. The van der Waals surface area contributed by atoms with E-state index in [4.69, 9.17) is 4.42 Å². The van der Waals surface area contributed by atoms with E-state index in [0.29, 0.717) is 18.5 Å². The highest BCUT2D eigenvalue weighted by Crippen LogP contribution is 2.33. The van der Waals surface area contributed by atoms with E-state index < -0.39 is 0 Å². The van der Waals surface area contributed by atoms with Crippen LogP contribution in [0.5, 0.6) is 0 Å². The summed E-state index contributed by atoms with van der Waals surface area (Å²) in [5.41, 5.74) is 0.912. The first-order valence-electron chi connectivity index (χ1n) is 8.81. The molecule has 4 nitrogen and oxygen atoms in total. The Kier molecular flexibility index (Phi) is 4.08. The fourth-order valence-electron chi connectivity index (χ4n) is 4.11. The molecule has 2 N–H and O–H groups in total. The van der Waals surface area contributed by atoms with Crippen molar-refractivity contribution in [2.45, 2.75) is 50.6 Å². The second-order valence-corrected chi connectivity index (χ2v) is 6.90. The maximum absolute atomic E-state index is 12.3. The Labute approximate surface area is 136 Å². The Morgan fingerprint density at radius 1 is 1.26 bits per heavy atom. The number of hydrogen-bond donors (Lipinski definition) is 2. The summed E-state index contributed by atoms with van der Waals surface area (Å²) < 4.78 is 5.79. The van der Waals surface area contributed by atoms with Crippen LogP contribution < -0.4 is 10.6 Å². The largest absolute Gasteiger partial charge is 0.461 e. The van der Waals surface area contributed by atoms with Crippen molar-refractivity contribution in [3.05, 3.63) is 36.1 Å². The average Bonchev–Trinajstić information content (AvgIpc) is 3.18. The zero-order valence-electron chi connectivity index (χ0n) is 13.4. The van der Waals surface area contributed by atoms with Gasteiger partial charge in [0.05, 0.1) is 6.04 Å². The molecule has 0 bridgehead atoms. The van der Waals surface area contributed by atoms with Crippen molar-refractivity contribution in [3.8, 4) is 0 Å². The molecule has 1 amide bonds. The van der Waals surface area contributed by atoms with Crippen LogP contribution >= 0.6 is 0 Å². The van der Waals surface area contributed by atoms with Crippen LogP contribution in [0.2, 0.25) is 0 Å². The summed E-state index contributed by atoms with van der Waals surface area (Å²) in [6.07, 6.45) is 6.87. The maximum atomic E-state index is 12.3. The molecule has 0 radical (unpaired) electrons. The Bertz CT molecular complexity index is 646. The monoisotopic (exact) mass is 312 g/mol. The van der Waals surface area contributed by atoms with Gasteiger partial charge in [0.25, 0.3) is 0 Å². The Balaban J connectivity index is 1.28. The topological polar surface area (TPSA) is 54.3 Å². The lowest BCUT2D eigenvalue weighted by Gasteiger charge is -2.24. The number of amides is 1. The van der Waals surface area contributed by atoms with Crippen LogP contribution in [-0.2, 0) is 11.2 Å². The molecule has 2 heterocycles. The minimum Gasteiger partial charge on any atom is -0.461 e. The van der Waals surface area contributed by atoms with Gasteiger partial charge in [-0.05, 0) is 37.3 Å². The molecule has 4 heteroatoms. The standard InChI is InChI=1S/C19H24N2O2/c22-19(17-12-13-5-1-3-7-16(13)21-17)20-10-9-15-11-14-6-2-4-8-18(14)23-15/h2,4,6,8,11,13,16-17,21H,1,3,5,7,9-10,12H2,(H,20,22). The molecule has 1 aromatic heterocycles. The lowest BCUT2D eigenvalue weighted by molar-refractivity contribution is -0.122. The smallest absolute Gasteiger partial charge is 0.237 e. The van der Waals surface area contributed by atoms with Gasteiger partial charge in [-0.1, -0.05) is 31.0 Å². The molecule has 2 aromatic rings. The number of carbonyl (C=O) groups is 1. The van der Waals surface area contributed by atoms with Crippen LogP contribution in [0.4, 0.5) is 0 Å². The van der Waals surface area contributed by atoms with Gasteiger partial charge in [-0.25, -0.2) is 0 Å². The molecule has 3 atom stereocenters. The fourth-order valence-corrected chi connectivity index (χ4v) is 4.11. The van der Waals surface area contributed by atoms with Crippen molar-refractivity contribution < 1.29 is 9.21 Å². The van der Waals surface area contributed by atoms with Gasteiger partial charge >= 0.3 is 0 Å². The van der Waals surface area contributed by atoms with Crippen LogP contribution in [0.1, 0.15) is 37.9 Å². The number of fused-ring (bicyclic) bond motifs is 2. The van der Waals surface area contributed by atoms with Crippen LogP contribution in [0.15, 0.2) is 34.7 Å². The number of furan rings is 1. The van der Waals surface area contributed by atoms with E-state index in [2.05, 4.69) is 16.7 Å². The summed E-state index contributed by atoms with van der Waals surface area (Å²) in [7, 11) is 0. The average molecular weight is 312 g/mol. The van der Waals surface area contributed by atoms with Gasteiger partial charge in [0, 0.05) is 24.4 Å². The van der Waals surface area contributed by atoms with Gasteiger partial charge in [-0.15, -0.1) is 0 Å². The van der Waals surface area contributed by atoms with Gasteiger partial charge in [-0.2, -0.15) is 0 Å². The molecule has 122 valence electrons. The van der Waals surface area contributed by atoms with Crippen LogP contribution in [-0.4, -0.2) is 24.5 Å². The Morgan fingerprint density at radius 2 is 2.13 bits per heavy atom. The molecule has 23 heavy (non-hydrogen) atoms. The predicted octanol–water partition coefficient (Wildman–Crippen LogP) is 3.01. The van der Waals surface area contributed by atoms with E-state index in [1.54, 1.807) is 0 Å². The first kappa shape index (κ1) is 14.8. The Hall–Kier alpha value is -1.81. The van der Waals surface area contributed by atoms with Crippen LogP contribution in [0.25, 0.3) is 11.0 Å². The quantitative estimate of drug-likeness (QED) is 0.912. The van der Waals surface area contributed by atoms with E-state index in [1.165, 1.54) is 25.7 Å². The van der Waals surface area contributed by atoms with E-state index in [0.717, 1.165) is 29.6 Å². The normalized spacial score (nSPS) is 27.0. The van der Waals surface area contributed by atoms with Gasteiger partial charge in [0.2, 0.25) is 5.91 Å². The molecule has 2 aliphatic rings. The molecular formula is C19H24N2O2. The molecule has 3 unspecified atom stereocenters. The highest BCUT2D eigenvalue weighted by molar-refractivity contribution is 5.82. The maximum Gasteiger partial charge on any atom is 0.237 e. The number of hydrogen-bond acceptors (Lipinski definition) is 3. The molecule has 1 aromatic carbocycles. The van der Waals surface area contributed by atoms with E-state index in [1.807, 2.05) is 24.3 Å². The van der Waals surface area contributed by atoms with Gasteiger partial charge < -0.3 is 15.1 Å². The summed E-state index contributed by atoms with van der Waals surface area (Å²) >= 11 is 0. The van der Waals surface area contributed by atoms with Gasteiger partial charge in [0.1, 0.15) is 11.3 Å². The van der Waals surface area contributed by atoms with Crippen molar-refractivity contribution in [2.24, 2.45) is 5.92 Å². The second-order valence-electron chi connectivity index (χ2n) is 6.90. The van der Waals surface area contributed by atoms with E-state index >= 15 is 0 Å². The number of nitrogens with one attached hydrogen (secondary N) is 2. The van der Waals surface area contributed by atoms with Crippen LogP contribution in [0.3, 0.4) is 0 Å². The molecule has 0 spiro atoms. The number of benzene rings is 1. The zero-order chi connectivity index (χ0) is 15.6. The Morgan fingerprint density at radius 3 is 3.00 bits per heavy atom. The predicted molar refractivity (Wildman–Crippen MR) is 90.2 cm³/mol. The minimum atomic E-state index is -0.00114. The first-order valence-corrected chi connectivity index (χ1v) is 8.81. The van der Waals surface area contributed by atoms with Gasteiger partial charge in [-0.3, -0.25) is 4.79 Å². The van der Waals surface area contributed by atoms with Gasteiger partial charge in [0.15, 0.2) is 0 Å². The molecule has 4 rings (SSSR count). The highest BCUT2D eigenvalue weighted by atomic mass is 16.3. The summed E-state index contributed by atoms with van der Waals surface area (Å²) in [5.74, 6) is 1.78. The molecule has 1 saturated carbocycles. The summed E-state index contributed by atoms with van der Waals surface area (Å²) in [6, 6.07) is 10.6. The molecule has 2 fully saturated rings. The molecule has 1 saturated heterocycles. The van der Waals surface area contributed by atoms with Crippen molar-refractivity contribution in [1.29, 1.82) is 0 Å². The highest BCUT2D eigenvalue weighted by Gasteiger charge is 2.37. The molecule has 1 aliphatic heterocycles. The number of rotatable bonds is 4. The lowest BCUT2D eigenvalue weighted by Crippen LogP contribution is -2.43. The van der Waals surface area contributed by atoms with E-state index in [9.17, 15) is 4.79 Å². The van der Waals surface area contributed by atoms with Crippen molar-refractivity contribution in [3.63, 3.8) is 0 Å².